The van der Waals surface area contributed by atoms with Crippen molar-refractivity contribution in [2.45, 2.75) is 57.0 Å². The molecule has 0 unspecified atom stereocenters. The molecule has 0 atom stereocenters. The molecule has 1 aromatic rings. The number of ether oxygens (including phenoxy) is 1. The van der Waals surface area contributed by atoms with Crippen LogP contribution in [0.15, 0.2) is 21.7 Å². The smallest absolute Gasteiger partial charge is 0.407 e. The predicted octanol–water partition coefficient (Wildman–Crippen LogP) is 3.36. The highest BCUT2D eigenvalue weighted by Crippen LogP contribution is 2.28. The minimum atomic E-state index is -3.38. The van der Waals surface area contributed by atoms with Gasteiger partial charge in [0.1, 0.15) is 5.60 Å². The van der Waals surface area contributed by atoms with Gasteiger partial charge in [0.2, 0.25) is 10.0 Å². The summed E-state index contributed by atoms with van der Waals surface area (Å²) in [6, 6.07) is 1.62. The third-order valence-electron chi connectivity index (χ3n) is 4.27. The van der Waals surface area contributed by atoms with Crippen LogP contribution in [0.25, 0.3) is 0 Å². The van der Waals surface area contributed by atoms with E-state index in [1.807, 2.05) is 20.8 Å². The number of nitrogens with one attached hydrogen (secondary N) is 2. The van der Waals surface area contributed by atoms with Crippen molar-refractivity contribution in [3.8, 4) is 0 Å². The lowest BCUT2D eigenvalue weighted by molar-refractivity contribution is 0.0513. The van der Waals surface area contributed by atoms with Gasteiger partial charge in [0, 0.05) is 18.5 Å². The molecule has 8 heteroatoms. The minimum Gasteiger partial charge on any atom is -0.444 e. The first-order valence-electron chi connectivity index (χ1n) is 8.64. The number of carbonyl (C=O) groups excluding carboxylic acids is 1. The number of sulfonamides is 1. The molecule has 1 saturated carbocycles. The first-order valence-corrected chi connectivity index (χ1v) is 11.1. The van der Waals surface area contributed by atoms with Crippen LogP contribution in [0.4, 0.5) is 4.79 Å². The van der Waals surface area contributed by atoms with E-state index in [-0.39, 0.29) is 6.09 Å². The van der Waals surface area contributed by atoms with Crippen LogP contribution in [0.5, 0.6) is 0 Å². The second kappa shape index (κ2) is 8.51. The topological polar surface area (TPSA) is 84.5 Å². The van der Waals surface area contributed by atoms with Crippen molar-refractivity contribution in [2.24, 2.45) is 11.8 Å². The molecule has 0 aromatic carbocycles. The number of thiophene rings is 1. The summed E-state index contributed by atoms with van der Waals surface area (Å²) in [5.41, 5.74) is -0.485. The summed E-state index contributed by atoms with van der Waals surface area (Å²) in [7, 11) is -3.38. The molecule has 0 saturated heterocycles. The van der Waals surface area contributed by atoms with Crippen molar-refractivity contribution >= 4 is 27.5 Å². The standard InChI is InChI=1S/C17H28N2O4S2/c1-17(2,3)23-16(20)18-10-13-4-6-14(7-5-13)11-19-25(21,22)15-8-9-24-12-15/h8-9,12-14,19H,4-7,10-11H2,1-3H3,(H,18,20)/t13-,14-. The number of alkyl carbamates (subject to hydrolysis) is 1. The Labute approximate surface area is 154 Å². The van der Waals surface area contributed by atoms with Crippen molar-refractivity contribution < 1.29 is 17.9 Å². The summed E-state index contributed by atoms with van der Waals surface area (Å²) < 4.78 is 32.2. The van der Waals surface area contributed by atoms with E-state index in [1.165, 1.54) is 11.3 Å². The molecule has 1 aliphatic rings. The van der Waals surface area contributed by atoms with E-state index in [0.717, 1.165) is 25.7 Å². The highest BCUT2D eigenvalue weighted by atomic mass is 32.2. The minimum absolute atomic E-state index is 0.341. The molecule has 1 heterocycles. The van der Waals surface area contributed by atoms with Crippen molar-refractivity contribution in [2.75, 3.05) is 13.1 Å². The molecule has 0 radical (unpaired) electrons. The summed E-state index contributed by atoms with van der Waals surface area (Å²) in [5, 5.41) is 6.23. The van der Waals surface area contributed by atoms with E-state index >= 15 is 0 Å². The Morgan fingerprint density at radius 3 is 2.32 bits per heavy atom. The molecule has 0 spiro atoms. The maximum Gasteiger partial charge on any atom is 0.407 e. The van der Waals surface area contributed by atoms with Crippen LogP contribution in [0, 0.1) is 11.8 Å². The van der Waals surface area contributed by atoms with Crippen molar-refractivity contribution in [1.29, 1.82) is 0 Å². The molecule has 2 rings (SSSR count). The molecule has 1 amide bonds. The zero-order valence-corrected chi connectivity index (χ0v) is 16.7. The van der Waals surface area contributed by atoms with Crippen LogP contribution in [0.3, 0.4) is 0 Å². The Bertz CT molecular complexity index is 643. The van der Waals surface area contributed by atoms with Crippen LogP contribution >= 0.6 is 11.3 Å². The average molecular weight is 389 g/mol. The number of hydrogen-bond acceptors (Lipinski definition) is 5. The zero-order valence-electron chi connectivity index (χ0n) is 15.1. The van der Waals surface area contributed by atoms with E-state index in [9.17, 15) is 13.2 Å². The number of amides is 1. The molecular weight excluding hydrogens is 360 g/mol. The van der Waals surface area contributed by atoms with Crippen LogP contribution in [0.2, 0.25) is 0 Å². The Morgan fingerprint density at radius 1 is 1.20 bits per heavy atom. The van der Waals surface area contributed by atoms with Gasteiger partial charge in [0.25, 0.3) is 0 Å². The number of hydrogen-bond donors (Lipinski definition) is 2. The van der Waals surface area contributed by atoms with Gasteiger partial charge in [-0.2, -0.15) is 11.3 Å². The monoisotopic (exact) mass is 388 g/mol. The normalized spacial score (nSPS) is 21.7. The number of rotatable bonds is 6. The van der Waals surface area contributed by atoms with Crippen molar-refractivity contribution in [3.63, 3.8) is 0 Å². The van der Waals surface area contributed by atoms with E-state index < -0.39 is 15.6 Å². The fourth-order valence-electron chi connectivity index (χ4n) is 2.90. The lowest BCUT2D eigenvalue weighted by atomic mass is 9.82. The molecule has 6 nitrogen and oxygen atoms in total. The molecule has 1 aromatic heterocycles. The van der Waals surface area contributed by atoms with Crippen LogP contribution in [0.1, 0.15) is 46.5 Å². The molecule has 1 aliphatic carbocycles. The summed E-state index contributed by atoms with van der Waals surface area (Å²) in [4.78, 5) is 12.0. The summed E-state index contributed by atoms with van der Waals surface area (Å²) in [5.74, 6) is 0.781. The quantitative estimate of drug-likeness (QED) is 0.783. The van der Waals surface area contributed by atoms with Gasteiger partial charge in [-0.05, 0) is 69.7 Å². The highest BCUT2D eigenvalue weighted by Gasteiger charge is 2.24. The summed E-state index contributed by atoms with van der Waals surface area (Å²) in [6.07, 6.45) is 3.53. The van der Waals surface area contributed by atoms with Gasteiger partial charge in [-0.25, -0.2) is 17.9 Å². The van der Waals surface area contributed by atoms with Gasteiger partial charge in [-0.3, -0.25) is 0 Å². The third kappa shape index (κ3) is 6.95. The maximum absolute atomic E-state index is 12.1. The lowest BCUT2D eigenvalue weighted by Gasteiger charge is -2.29. The van der Waals surface area contributed by atoms with Gasteiger partial charge >= 0.3 is 6.09 Å². The predicted molar refractivity (Wildman–Crippen MR) is 99.2 cm³/mol. The molecule has 25 heavy (non-hydrogen) atoms. The largest absolute Gasteiger partial charge is 0.444 e. The first-order chi connectivity index (χ1) is 11.7. The van der Waals surface area contributed by atoms with Crippen molar-refractivity contribution in [1.82, 2.24) is 10.0 Å². The third-order valence-corrected chi connectivity index (χ3v) is 6.52. The van der Waals surface area contributed by atoms with E-state index in [1.54, 1.807) is 16.8 Å². The first kappa shape index (κ1) is 20.2. The molecule has 0 bridgehead atoms. The molecular formula is C17H28N2O4S2. The zero-order chi connectivity index (χ0) is 18.5. The average Bonchev–Trinajstić information content (AvgIpc) is 3.06. The Balaban J connectivity index is 1.67. The van der Waals surface area contributed by atoms with Crippen LogP contribution < -0.4 is 10.0 Å². The van der Waals surface area contributed by atoms with E-state index in [2.05, 4.69) is 10.0 Å². The highest BCUT2D eigenvalue weighted by molar-refractivity contribution is 7.89. The second-order valence-electron chi connectivity index (χ2n) is 7.58. The summed E-state index contributed by atoms with van der Waals surface area (Å²) in [6.45, 7) is 6.62. The lowest BCUT2D eigenvalue weighted by Crippen LogP contribution is -2.37. The van der Waals surface area contributed by atoms with Crippen molar-refractivity contribution in [3.05, 3.63) is 16.8 Å². The molecule has 142 valence electrons. The fourth-order valence-corrected chi connectivity index (χ4v) is 5.04. The molecule has 1 fully saturated rings. The van der Waals surface area contributed by atoms with Gasteiger partial charge in [-0.15, -0.1) is 0 Å². The fraction of sp³-hybridized carbons (Fsp3) is 0.706. The van der Waals surface area contributed by atoms with Gasteiger partial charge < -0.3 is 10.1 Å². The maximum atomic E-state index is 12.1. The Morgan fingerprint density at radius 2 is 1.80 bits per heavy atom. The van der Waals surface area contributed by atoms with Gasteiger partial charge in [0.15, 0.2) is 0 Å². The van der Waals surface area contributed by atoms with Crippen LogP contribution in [-0.4, -0.2) is 33.2 Å². The van der Waals surface area contributed by atoms with E-state index in [4.69, 9.17) is 4.74 Å². The molecule has 0 aliphatic heterocycles. The molecule has 2 N–H and O–H groups in total. The summed E-state index contributed by atoms with van der Waals surface area (Å²) >= 11 is 1.38. The van der Waals surface area contributed by atoms with Gasteiger partial charge in [0.05, 0.1) is 4.90 Å². The van der Waals surface area contributed by atoms with Crippen LogP contribution in [-0.2, 0) is 14.8 Å². The second-order valence-corrected chi connectivity index (χ2v) is 10.1. The van der Waals surface area contributed by atoms with E-state index in [0.29, 0.717) is 29.8 Å². The number of carbonyl (C=O) groups is 1. The Kier molecular flexibility index (Phi) is 6.87. The van der Waals surface area contributed by atoms with Gasteiger partial charge in [-0.1, -0.05) is 0 Å². The SMILES string of the molecule is CC(C)(C)OC(=O)NC[C@H]1CC[C@H](CNS(=O)(=O)c2ccsc2)CC1. The Hall–Kier alpha value is -1.12.